The van der Waals surface area contributed by atoms with Gasteiger partial charge in [-0.1, -0.05) is 12.1 Å². The molecule has 7 nitrogen and oxygen atoms in total. The smallest absolute Gasteiger partial charge is 0.262 e. The molecule has 3 N–H and O–H groups in total. The molecular weight excluding hydrogens is 377 g/mol. The van der Waals surface area contributed by atoms with Crippen LogP contribution in [0.2, 0.25) is 0 Å². The van der Waals surface area contributed by atoms with E-state index in [2.05, 4.69) is 16.0 Å². The number of hydrogen-bond donors (Lipinski definition) is 3. The molecule has 1 fully saturated rings. The Kier molecular flexibility index (Phi) is 6.78. The second-order valence-corrected chi connectivity index (χ2v) is 6.67. The Hall–Kier alpha value is -3.42. The molecule has 1 aliphatic rings. The molecule has 0 radical (unpaired) electrons. The molecule has 0 saturated heterocycles. The highest BCUT2D eigenvalue weighted by molar-refractivity contribution is 5.96. The first-order chi connectivity index (χ1) is 14.0. The summed E-state index contributed by atoms with van der Waals surface area (Å²) in [6, 6.07) is 12.2. The summed E-state index contributed by atoms with van der Waals surface area (Å²) in [6.45, 7) is 0.385. The second-order valence-electron chi connectivity index (χ2n) is 6.67. The van der Waals surface area contributed by atoms with Gasteiger partial charge in [-0.05, 0) is 49.2 Å². The molecule has 2 aromatic rings. The highest BCUT2D eigenvalue weighted by Gasteiger charge is 2.28. The second kappa shape index (κ2) is 9.68. The minimum atomic E-state index is -0.539. The van der Waals surface area contributed by atoms with Crippen molar-refractivity contribution in [2.75, 3.05) is 25.0 Å². The van der Waals surface area contributed by atoms with Crippen LogP contribution in [-0.2, 0) is 9.59 Å². The third kappa shape index (κ3) is 6.31. The summed E-state index contributed by atoms with van der Waals surface area (Å²) in [5.41, 5.74) is 0.916. The molecule has 0 bridgehead atoms. The van der Waals surface area contributed by atoms with Crippen molar-refractivity contribution >= 4 is 23.4 Å². The topological polar surface area (TPSA) is 96.5 Å². The summed E-state index contributed by atoms with van der Waals surface area (Å²) in [5.74, 6) is -1.07. The molecule has 0 spiro atoms. The molecule has 0 heterocycles. The van der Waals surface area contributed by atoms with Gasteiger partial charge in [0.05, 0.1) is 0 Å². The number of halogens is 1. The number of amides is 3. The number of anilines is 1. The zero-order valence-electron chi connectivity index (χ0n) is 15.7. The van der Waals surface area contributed by atoms with Gasteiger partial charge in [0.1, 0.15) is 0 Å². The van der Waals surface area contributed by atoms with Gasteiger partial charge >= 0.3 is 0 Å². The molecule has 0 aliphatic heterocycles. The lowest BCUT2D eigenvalue weighted by atomic mass is 10.2. The third-order valence-corrected chi connectivity index (χ3v) is 4.28. The Balaban J connectivity index is 1.39. The van der Waals surface area contributed by atoms with E-state index >= 15 is 0 Å². The zero-order valence-corrected chi connectivity index (χ0v) is 15.7. The summed E-state index contributed by atoms with van der Waals surface area (Å²) in [6.07, 6.45) is 1.88. The Labute approximate surface area is 167 Å². The van der Waals surface area contributed by atoms with Crippen molar-refractivity contribution in [2.24, 2.45) is 5.92 Å². The van der Waals surface area contributed by atoms with Crippen LogP contribution in [-0.4, -0.2) is 37.4 Å². The number of hydrogen-bond acceptors (Lipinski definition) is 4. The maximum absolute atomic E-state index is 13.5. The van der Waals surface area contributed by atoms with Crippen LogP contribution in [0.3, 0.4) is 0 Å². The molecule has 0 aromatic heterocycles. The van der Waals surface area contributed by atoms with Crippen LogP contribution in [0.25, 0.3) is 0 Å². The lowest BCUT2D eigenvalue weighted by Gasteiger charge is -2.09. The lowest BCUT2D eigenvalue weighted by Crippen LogP contribution is -2.35. The van der Waals surface area contributed by atoms with Crippen molar-refractivity contribution in [3.63, 3.8) is 0 Å². The number of carbonyl (C=O) groups excluding carboxylic acids is 3. The van der Waals surface area contributed by atoms with E-state index in [-0.39, 0.29) is 30.1 Å². The molecular formula is C21H22FN3O4. The van der Waals surface area contributed by atoms with Crippen LogP contribution in [0, 0.1) is 11.7 Å². The van der Waals surface area contributed by atoms with E-state index in [0.717, 1.165) is 12.8 Å². The molecule has 1 saturated carbocycles. The van der Waals surface area contributed by atoms with Crippen LogP contribution in [0.4, 0.5) is 10.1 Å². The molecule has 8 heteroatoms. The summed E-state index contributed by atoms with van der Waals surface area (Å²) in [4.78, 5) is 35.5. The number of ether oxygens (including phenoxy) is 1. The monoisotopic (exact) mass is 399 g/mol. The van der Waals surface area contributed by atoms with Gasteiger partial charge in [-0.2, -0.15) is 0 Å². The summed E-state index contributed by atoms with van der Waals surface area (Å²) >= 11 is 0. The zero-order chi connectivity index (χ0) is 20.6. The fraction of sp³-hybridized carbons (Fsp3) is 0.286. The Morgan fingerprint density at radius 2 is 1.66 bits per heavy atom. The van der Waals surface area contributed by atoms with Crippen molar-refractivity contribution in [1.29, 1.82) is 0 Å². The van der Waals surface area contributed by atoms with Crippen molar-refractivity contribution in [3.8, 4) is 5.75 Å². The van der Waals surface area contributed by atoms with E-state index in [0.29, 0.717) is 24.3 Å². The van der Waals surface area contributed by atoms with E-state index in [4.69, 9.17) is 4.74 Å². The van der Waals surface area contributed by atoms with Crippen molar-refractivity contribution in [3.05, 3.63) is 59.9 Å². The van der Waals surface area contributed by atoms with Gasteiger partial charge in [-0.15, -0.1) is 0 Å². The van der Waals surface area contributed by atoms with Crippen molar-refractivity contribution < 1.29 is 23.5 Å². The van der Waals surface area contributed by atoms with Crippen molar-refractivity contribution in [1.82, 2.24) is 10.6 Å². The summed E-state index contributed by atoms with van der Waals surface area (Å²) < 4.78 is 18.6. The first-order valence-corrected chi connectivity index (χ1v) is 9.36. The van der Waals surface area contributed by atoms with Crippen LogP contribution in [0.1, 0.15) is 23.2 Å². The normalized spacial score (nSPS) is 12.7. The van der Waals surface area contributed by atoms with E-state index < -0.39 is 11.7 Å². The molecule has 1 aliphatic carbocycles. The molecule has 0 atom stereocenters. The van der Waals surface area contributed by atoms with Gasteiger partial charge in [-0.25, -0.2) is 4.39 Å². The first-order valence-electron chi connectivity index (χ1n) is 9.36. The number of nitrogens with one attached hydrogen (secondary N) is 3. The number of rotatable bonds is 9. The maximum atomic E-state index is 13.5. The van der Waals surface area contributed by atoms with Gasteiger partial charge in [0, 0.05) is 30.3 Å². The van der Waals surface area contributed by atoms with E-state index in [1.807, 2.05) is 0 Å². The molecule has 152 valence electrons. The van der Waals surface area contributed by atoms with Crippen molar-refractivity contribution in [2.45, 2.75) is 12.8 Å². The minimum Gasteiger partial charge on any atom is -0.481 e. The summed E-state index contributed by atoms with van der Waals surface area (Å²) in [5, 5.41) is 8.11. The standard InChI is InChI=1S/C21H22FN3O4/c22-17-3-1-2-4-18(17)29-13-19(26)25-16-9-7-15(8-10-16)21(28)24-12-11-23-20(27)14-5-6-14/h1-4,7-10,14H,5-6,11-13H2,(H,23,27)(H,24,28)(H,25,26). The number of carbonyl (C=O) groups is 3. The molecule has 2 aromatic carbocycles. The largest absolute Gasteiger partial charge is 0.481 e. The lowest BCUT2D eigenvalue weighted by molar-refractivity contribution is -0.122. The van der Waals surface area contributed by atoms with E-state index in [1.54, 1.807) is 30.3 Å². The third-order valence-electron chi connectivity index (χ3n) is 4.28. The molecule has 3 amide bonds. The highest BCUT2D eigenvalue weighted by atomic mass is 19.1. The Morgan fingerprint density at radius 3 is 2.34 bits per heavy atom. The van der Waals surface area contributed by atoms with Gasteiger partial charge in [0.25, 0.3) is 11.8 Å². The van der Waals surface area contributed by atoms with Gasteiger partial charge in [-0.3, -0.25) is 14.4 Å². The fourth-order valence-corrected chi connectivity index (χ4v) is 2.56. The minimum absolute atomic E-state index is 0.00277. The van der Waals surface area contributed by atoms with Gasteiger partial charge in [0.2, 0.25) is 5.91 Å². The van der Waals surface area contributed by atoms with Crippen LogP contribution in [0.5, 0.6) is 5.75 Å². The molecule has 29 heavy (non-hydrogen) atoms. The predicted molar refractivity (Wildman–Crippen MR) is 105 cm³/mol. The fourth-order valence-electron chi connectivity index (χ4n) is 2.56. The van der Waals surface area contributed by atoms with E-state index in [1.165, 1.54) is 18.2 Å². The van der Waals surface area contributed by atoms with Crippen LogP contribution < -0.4 is 20.7 Å². The average molecular weight is 399 g/mol. The van der Waals surface area contributed by atoms with Crippen LogP contribution >= 0.6 is 0 Å². The summed E-state index contributed by atoms with van der Waals surface area (Å²) in [7, 11) is 0. The predicted octanol–water partition coefficient (Wildman–Crippen LogP) is 2.10. The first kappa shape index (κ1) is 20.3. The number of para-hydroxylation sites is 1. The maximum Gasteiger partial charge on any atom is 0.262 e. The quantitative estimate of drug-likeness (QED) is 0.563. The van der Waals surface area contributed by atoms with Gasteiger partial charge in [0.15, 0.2) is 18.2 Å². The highest BCUT2D eigenvalue weighted by Crippen LogP contribution is 2.28. The average Bonchev–Trinajstić information content (AvgIpc) is 3.56. The Bertz CT molecular complexity index is 882. The van der Waals surface area contributed by atoms with Crippen LogP contribution in [0.15, 0.2) is 48.5 Å². The Morgan fingerprint density at radius 1 is 0.966 bits per heavy atom. The molecule has 0 unspecified atom stereocenters. The van der Waals surface area contributed by atoms with E-state index in [9.17, 15) is 18.8 Å². The SMILES string of the molecule is O=C(COc1ccccc1F)Nc1ccc(C(=O)NCCNC(=O)C2CC2)cc1. The van der Waals surface area contributed by atoms with Gasteiger partial charge < -0.3 is 20.7 Å². The molecule has 3 rings (SSSR count). The number of benzene rings is 2.